The number of hydrogen-bond acceptors (Lipinski definition) is 7. The highest BCUT2D eigenvalue weighted by atomic mass is 32.1. The van der Waals surface area contributed by atoms with Gasteiger partial charge in [-0.1, -0.05) is 0 Å². The highest BCUT2D eigenvalue weighted by Crippen LogP contribution is 2.20. The van der Waals surface area contributed by atoms with Crippen molar-refractivity contribution in [2.75, 3.05) is 24.2 Å². The summed E-state index contributed by atoms with van der Waals surface area (Å²) in [6.07, 6.45) is 2.52. The Bertz CT molecular complexity index is 558. The van der Waals surface area contributed by atoms with Gasteiger partial charge in [0.05, 0.1) is 22.1 Å². The van der Waals surface area contributed by atoms with Crippen molar-refractivity contribution in [3.63, 3.8) is 0 Å². The predicted molar refractivity (Wildman–Crippen MR) is 74.7 cm³/mol. The third-order valence-corrected chi connectivity index (χ3v) is 3.24. The number of nitro groups is 1. The summed E-state index contributed by atoms with van der Waals surface area (Å²) in [6.45, 7) is 0.630. The molecule has 0 fully saturated rings. The van der Waals surface area contributed by atoms with E-state index in [0.29, 0.717) is 18.2 Å². The standard InChI is InChI=1S/C11H13N5O2S/c1-12-9-6-8(16(17)18)7-10(15-9)13-3-2-11-14-4-5-19-11/h4-7H,2-3H2,1H3,(H2,12,13,15). The summed E-state index contributed by atoms with van der Waals surface area (Å²) in [5.41, 5.74) is 0.0103. The van der Waals surface area contributed by atoms with E-state index in [0.717, 1.165) is 11.4 Å². The molecule has 0 amide bonds. The second kappa shape index (κ2) is 6.10. The summed E-state index contributed by atoms with van der Waals surface area (Å²) in [7, 11) is 1.67. The summed E-state index contributed by atoms with van der Waals surface area (Å²) >= 11 is 1.58. The van der Waals surface area contributed by atoms with Gasteiger partial charge in [-0.3, -0.25) is 10.1 Å². The van der Waals surface area contributed by atoms with E-state index < -0.39 is 4.92 Å². The van der Waals surface area contributed by atoms with Gasteiger partial charge < -0.3 is 10.6 Å². The second-order valence-corrected chi connectivity index (χ2v) is 4.68. The van der Waals surface area contributed by atoms with Gasteiger partial charge in [0.2, 0.25) is 0 Å². The van der Waals surface area contributed by atoms with Crippen molar-refractivity contribution in [3.05, 3.63) is 38.8 Å². The zero-order valence-electron chi connectivity index (χ0n) is 10.3. The normalized spacial score (nSPS) is 10.2. The smallest absolute Gasteiger partial charge is 0.276 e. The van der Waals surface area contributed by atoms with Crippen LogP contribution in [0, 0.1) is 10.1 Å². The molecule has 0 spiro atoms. The quantitative estimate of drug-likeness (QED) is 0.621. The molecule has 0 saturated heterocycles. The largest absolute Gasteiger partial charge is 0.373 e. The lowest BCUT2D eigenvalue weighted by Crippen LogP contribution is -2.07. The lowest BCUT2D eigenvalue weighted by molar-refractivity contribution is -0.384. The molecule has 0 atom stereocenters. The van der Waals surface area contributed by atoms with E-state index in [2.05, 4.69) is 20.6 Å². The van der Waals surface area contributed by atoms with Crippen LogP contribution in [0.1, 0.15) is 5.01 Å². The van der Waals surface area contributed by atoms with Gasteiger partial charge in [-0.05, 0) is 0 Å². The maximum Gasteiger partial charge on any atom is 0.276 e. The van der Waals surface area contributed by atoms with Crippen LogP contribution in [0.5, 0.6) is 0 Å². The van der Waals surface area contributed by atoms with Crippen molar-refractivity contribution < 1.29 is 4.92 Å². The number of pyridine rings is 1. The van der Waals surface area contributed by atoms with Gasteiger partial charge >= 0.3 is 0 Å². The Balaban J connectivity index is 2.02. The lowest BCUT2D eigenvalue weighted by atomic mass is 10.3. The fraction of sp³-hybridized carbons (Fsp3) is 0.273. The first-order chi connectivity index (χ1) is 9.19. The predicted octanol–water partition coefficient (Wildman–Crippen LogP) is 2.14. The molecule has 0 saturated carbocycles. The van der Waals surface area contributed by atoms with Gasteiger partial charge in [0.15, 0.2) is 0 Å². The van der Waals surface area contributed by atoms with Gasteiger partial charge in [0.1, 0.15) is 11.6 Å². The average Bonchev–Trinajstić information content (AvgIpc) is 2.91. The molecule has 0 unspecified atom stereocenters. The minimum Gasteiger partial charge on any atom is -0.373 e. The zero-order valence-corrected chi connectivity index (χ0v) is 11.1. The number of nitrogens with one attached hydrogen (secondary N) is 2. The number of rotatable bonds is 6. The van der Waals surface area contributed by atoms with Crippen LogP contribution in [-0.2, 0) is 6.42 Å². The second-order valence-electron chi connectivity index (χ2n) is 3.71. The number of hydrogen-bond donors (Lipinski definition) is 2. The van der Waals surface area contributed by atoms with E-state index in [9.17, 15) is 10.1 Å². The fourth-order valence-corrected chi connectivity index (χ4v) is 2.13. The maximum atomic E-state index is 10.8. The van der Waals surface area contributed by atoms with E-state index in [1.807, 2.05) is 5.38 Å². The third-order valence-electron chi connectivity index (χ3n) is 2.41. The Morgan fingerprint density at radius 3 is 2.84 bits per heavy atom. The lowest BCUT2D eigenvalue weighted by Gasteiger charge is -2.06. The van der Waals surface area contributed by atoms with E-state index in [-0.39, 0.29) is 5.69 Å². The van der Waals surface area contributed by atoms with Crippen molar-refractivity contribution in [1.82, 2.24) is 9.97 Å². The van der Waals surface area contributed by atoms with Crippen LogP contribution < -0.4 is 10.6 Å². The summed E-state index contributed by atoms with van der Waals surface area (Å²) in [6, 6.07) is 2.81. The van der Waals surface area contributed by atoms with Crippen LogP contribution >= 0.6 is 11.3 Å². The molecule has 7 nitrogen and oxygen atoms in total. The Labute approximate surface area is 113 Å². The average molecular weight is 279 g/mol. The topological polar surface area (TPSA) is 93.0 Å². The Morgan fingerprint density at radius 2 is 2.21 bits per heavy atom. The molecule has 8 heteroatoms. The Kier molecular flexibility index (Phi) is 4.24. The SMILES string of the molecule is CNc1cc([N+](=O)[O-])cc(NCCc2nccs2)n1. The Morgan fingerprint density at radius 1 is 1.42 bits per heavy atom. The van der Waals surface area contributed by atoms with Crippen LogP contribution in [0.4, 0.5) is 17.3 Å². The molecule has 19 heavy (non-hydrogen) atoms. The van der Waals surface area contributed by atoms with E-state index in [1.165, 1.54) is 12.1 Å². The summed E-state index contributed by atoms with van der Waals surface area (Å²) < 4.78 is 0. The van der Waals surface area contributed by atoms with Gasteiger partial charge in [-0.2, -0.15) is 0 Å². The van der Waals surface area contributed by atoms with Crippen LogP contribution in [0.2, 0.25) is 0 Å². The van der Waals surface area contributed by atoms with E-state index in [4.69, 9.17) is 0 Å². The van der Waals surface area contributed by atoms with Crippen LogP contribution in [0.3, 0.4) is 0 Å². The maximum absolute atomic E-state index is 10.8. The van der Waals surface area contributed by atoms with Crippen molar-refractivity contribution in [1.29, 1.82) is 0 Å². The van der Waals surface area contributed by atoms with Crippen molar-refractivity contribution in [3.8, 4) is 0 Å². The molecule has 0 aliphatic heterocycles. The number of thiazole rings is 1. The monoisotopic (exact) mass is 279 g/mol. The van der Waals surface area contributed by atoms with E-state index in [1.54, 1.807) is 24.6 Å². The van der Waals surface area contributed by atoms with Crippen LogP contribution in [-0.4, -0.2) is 28.5 Å². The molecule has 0 bridgehead atoms. The minimum absolute atomic E-state index is 0.0103. The molecule has 2 N–H and O–H groups in total. The van der Waals surface area contributed by atoms with Gasteiger partial charge in [0, 0.05) is 31.6 Å². The summed E-state index contributed by atoms with van der Waals surface area (Å²) in [5, 5.41) is 19.6. The Hall–Kier alpha value is -2.22. The molecule has 0 aliphatic carbocycles. The molecular weight excluding hydrogens is 266 g/mol. The molecule has 0 radical (unpaired) electrons. The van der Waals surface area contributed by atoms with E-state index >= 15 is 0 Å². The highest BCUT2D eigenvalue weighted by molar-refractivity contribution is 7.09. The van der Waals surface area contributed by atoms with Gasteiger partial charge in [-0.15, -0.1) is 11.3 Å². The van der Waals surface area contributed by atoms with Crippen LogP contribution in [0.25, 0.3) is 0 Å². The number of aromatic nitrogens is 2. The fourth-order valence-electron chi connectivity index (χ4n) is 1.51. The van der Waals surface area contributed by atoms with Gasteiger partial charge in [-0.25, -0.2) is 9.97 Å². The first-order valence-electron chi connectivity index (χ1n) is 5.65. The number of nitrogens with zero attached hydrogens (tertiary/aromatic N) is 3. The summed E-state index contributed by atoms with van der Waals surface area (Å²) in [4.78, 5) is 18.7. The van der Waals surface area contributed by atoms with Gasteiger partial charge in [0.25, 0.3) is 5.69 Å². The van der Waals surface area contributed by atoms with Crippen LogP contribution in [0.15, 0.2) is 23.7 Å². The first-order valence-corrected chi connectivity index (χ1v) is 6.53. The third kappa shape index (κ3) is 3.62. The molecule has 0 aliphatic rings. The first kappa shape index (κ1) is 13.2. The molecule has 2 aromatic rings. The van der Waals surface area contributed by atoms with Crippen molar-refractivity contribution in [2.45, 2.75) is 6.42 Å². The molecule has 2 rings (SSSR count). The molecule has 2 heterocycles. The number of anilines is 2. The molecular formula is C11H13N5O2S. The highest BCUT2D eigenvalue weighted by Gasteiger charge is 2.10. The molecule has 100 valence electrons. The molecule has 0 aromatic carbocycles. The molecule has 2 aromatic heterocycles. The minimum atomic E-state index is -0.436. The zero-order chi connectivity index (χ0) is 13.7. The van der Waals surface area contributed by atoms with Crippen molar-refractivity contribution >= 4 is 28.7 Å². The summed E-state index contributed by atoms with van der Waals surface area (Å²) in [5.74, 6) is 0.945. The van der Waals surface area contributed by atoms with Crippen molar-refractivity contribution in [2.24, 2.45) is 0 Å².